The van der Waals surface area contributed by atoms with E-state index in [1.165, 1.54) is 18.2 Å². The summed E-state index contributed by atoms with van der Waals surface area (Å²) in [6, 6.07) is 6.11. The largest absolute Gasteiger partial charge is 0.466 e. The van der Waals surface area contributed by atoms with Crippen molar-refractivity contribution in [1.29, 1.82) is 0 Å². The number of nitrogens with zero attached hydrogens (tertiary/aromatic N) is 1. The third kappa shape index (κ3) is 5.85. The molecular formula is C20H22F3N3O4. The summed E-state index contributed by atoms with van der Waals surface area (Å²) in [6.45, 7) is 4.21. The zero-order valence-corrected chi connectivity index (χ0v) is 16.7. The van der Waals surface area contributed by atoms with E-state index in [4.69, 9.17) is 4.42 Å². The van der Waals surface area contributed by atoms with Gasteiger partial charge in [0.05, 0.1) is 29.9 Å². The molecule has 0 aliphatic heterocycles. The molecule has 0 unspecified atom stereocenters. The summed E-state index contributed by atoms with van der Waals surface area (Å²) in [5.41, 5.74) is -1.08. The lowest BCUT2D eigenvalue weighted by molar-refractivity contribution is -0.137. The molecule has 0 bridgehead atoms. The van der Waals surface area contributed by atoms with E-state index in [0.717, 1.165) is 17.0 Å². The van der Waals surface area contributed by atoms with E-state index in [2.05, 4.69) is 10.6 Å². The maximum atomic E-state index is 13.0. The average molecular weight is 425 g/mol. The first-order valence-corrected chi connectivity index (χ1v) is 9.12. The Morgan fingerprint density at radius 2 is 1.80 bits per heavy atom. The molecular weight excluding hydrogens is 403 g/mol. The molecule has 1 aromatic carbocycles. The molecule has 1 aromatic heterocycles. The number of rotatable bonds is 7. The molecule has 0 radical (unpaired) electrons. The van der Waals surface area contributed by atoms with Gasteiger partial charge >= 0.3 is 6.18 Å². The standard InChI is InChI=1S/C20H22F3N3O4/c1-4-26(18(28)10-24-19(29)14-9-12(2)30-13(14)3)11-17(27)25-16-8-6-5-7-15(16)20(21,22)23/h5-9H,4,10-11H2,1-3H3,(H,24,29)(H,25,27). The molecule has 1 heterocycles. The first-order chi connectivity index (χ1) is 14.0. The van der Waals surface area contributed by atoms with Gasteiger partial charge in [0, 0.05) is 6.54 Å². The number of amides is 3. The topological polar surface area (TPSA) is 91.7 Å². The van der Waals surface area contributed by atoms with E-state index in [1.54, 1.807) is 20.8 Å². The van der Waals surface area contributed by atoms with Crippen molar-refractivity contribution in [2.75, 3.05) is 25.0 Å². The lowest BCUT2D eigenvalue weighted by atomic mass is 10.1. The Hall–Kier alpha value is -3.30. The molecule has 162 valence electrons. The number of nitrogens with one attached hydrogen (secondary N) is 2. The minimum atomic E-state index is -4.63. The Labute approximate surface area is 171 Å². The van der Waals surface area contributed by atoms with E-state index in [0.29, 0.717) is 17.1 Å². The van der Waals surface area contributed by atoms with Crippen LogP contribution >= 0.6 is 0 Å². The van der Waals surface area contributed by atoms with Crippen LogP contribution in [0.25, 0.3) is 0 Å². The van der Waals surface area contributed by atoms with Crippen LogP contribution in [-0.2, 0) is 15.8 Å². The molecule has 0 aliphatic rings. The fourth-order valence-corrected chi connectivity index (χ4v) is 2.80. The van der Waals surface area contributed by atoms with E-state index in [-0.39, 0.29) is 13.1 Å². The number of hydrogen-bond donors (Lipinski definition) is 2. The highest BCUT2D eigenvalue weighted by atomic mass is 19.4. The van der Waals surface area contributed by atoms with Crippen molar-refractivity contribution in [3.8, 4) is 0 Å². The monoisotopic (exact) mass is 425 g/mol. The molecule has 2 aromatic rings. The number of anilines is 1. The zero-order valence-electron chi connectivity index (χ0n) is 16.7. The minimum Gasteiger partial charge on any atom is -0.466 e. The molecule has 7 nitrogen and oxygen atoms in total. The van der Waals surface area contributed by atoms with E-state index < -0.39 is 41.7 Å². The van der Waals surface area contributed by atoms with Gasteiger partial charge in [-0.25, -0.2) is 0 Å². The maximum Gasteiger partial charge on any atom is 0.418 e. The molecule has 0 saturated heterocycles. The number of carbonyl (C=O) groups is 3. The van der Waals surface area contributed by atoms with Crippen LogP contribution in [0.3, 0.4) is 0 Å². The highest BCUT2D eigenvalue weighted by Crippen LogP contribution is 2.34. The fourth-order valence-electron chi connectivity index (χ4n) is 2.80. The fraction of sp³-hybridized carbons (Fsp3) is 0.350. The molecule has 0 spiro atoms. The Bertz CT molecular complexity index is 938. The van der Waals surface area contributed by atoms with Crippen molar-refractivity contribution in [3.05, 3.63) is 53.0 Å². The van der Waals surface area contributed by atoms with Gasteiger partial charge in [-0.05, 0) is 39.0 Å². The highest BCUT2D eigenvalue weighted by Gasteiger charge is 2.33. The van der Waals surface area contributed by atoms with E-state index in [1.807, 2.05) is 0 Å². The SMILES string of the molecule is CCN(CC(=O)Nc1ccccc1C(F)(F)F)C(=O)CNC(=O)c1cc(C)oc1C. The van der Waals surface area contributed by atoms with Gasteiger partial charge < -0.3 is 20.0 Å². The molecule has 3 amide bonds. The number of aryl methyl sites for hydroxylation is 2. The number of likely N-dealkylation sites (N-methyl/N-ethyl adjacent to an activating group) is 1. The second kappa shape index (κ2) is 9.47. The van der Waals surface area contributed by atoms with Gasteiger partial charge in [-0.1, -0.05) is 12.1 Å². The van der Waals surface area contributed by atoms with E-state index >= 15 is 0 Å². The van der Waals surface area contributed by atoms with Crippen molar-refractivity contribution >= 4 is 23.4 Å². The summed E-state index contributed by atoms with van der Waals surface area (Å²) >= 11 is 0. The molecule has 0 saturated carbocycles. The van der Waals surface area contributed by atoms with Crippen molar-refractivity contribution < 1.29 is 32.0 Å². The minimum absolute atomic E-state index is 0.132. The number of para-hydroxylation sites is 1. The Morgan fingerprint density at radius 1 is 1.13 bits per heavy atom. The highest BCUT2D eigenvalue weighted by molar-refractivity contribution is 5.98. The Kier molecular flexibility index (Phi) is 7.25. The molecule has 0 fully saturated rings. The second-order valence-electron chi connectivity index (χ2n) is 6.51. The normalized spacial score (nSPS) is 11.1. The first kappa shape index (κ1) is 23.0. The maximum absolute atomic E-state index is 13.0. The summed E-state index contributed by atoms with van der Waals surface area (Å²) < 4.78 is 44.4. The number of halogens is 3. The summed E-state index contributed by atoms with van der Waals surface area (Å²) in [7, 11) is 0. The summed E-state index contributed by atoms with van der Waals surface area (Å²) in [5, 5.41) is 4.63. The smallest absolute Gasteiger partial charge is 0.418 e. The third-order valence-corrected chi connectivity index (χ3v) is 4.26. The van der Waals surface area contributed by atoms with Crippen LogP contribution in [0.2, 0.25) is 0 Å². The van der Waals surface area contributed by atoms with Crippen LogP contribution in [0.5, 0.6) is 0 Å². The van der Waals surface area contributed by atoms with Gasteiger partial charge in [0.15, 0.2) is 0 Å². The summed E-state index contributed by atoms with van der Waals surface area (Å²) in [5.74, 6) is -0.878. The van der Waals surface area contributed by atoms with Gasteiger partial charge in [0.1, 0.15) is 11.5 Å². The van der Waals surface area contributed by atoms with Crippen LogP contribution < -0.4 is 10.6 Å². The van der Waals surface area contributed by atoms with Gasteiger partial charge in [0.2, 0.25) is 11.8 Å². The van der Waals surface area contributed by atoms with Crippen LogP contribution in [0.1, 0.15) is 34.4 Å². The number of benzene rings is 1. The van der Waals surface area contributed by atoms with Crippen LogP contribution in [0, 0.1) is 13.8 Å². The van der Waals surface area contributed by atoms with Crippen LogP contribution in [0.4, 0.5) is 18.9 Å². The number of alkyl halides is 3. The average Bonchev–Trinajstić information content (AvgIpc) is 3.01. The number of furan rings is 1. The molecule has 0 aliphatic carbocycles. The van der Waals surface area contributed by atoms with Crippen molar-refractivity contribution in [1.82, 2.24) is 10.2 Å². The van der Waals surface area contributed by atoms with Gasteiger partial charge in [-0.15, -0.1) is 0 Å². The molecule has 2 N–H and O–H groups in total. The zero-order chi connectivity index (χ0) is 22.5. The van der Waals surface area contributed by atoms with Gasteiger partial charge in [0.25, 0.3) is 5.91 Å². The van der Waals surface area contributed by atoms with Crippen LogP contribution in [0.15, 0.2) is 34.7 Å². The predicted octanol–water partition coefficient (Wildman–Crippen LogP) is 3.13. The van der Waals surface area contributed by atoms with Crippen molar-refractivity contribution in [2.24, 2.45) is 0 Å². The summed E-state index contributed by atoms with van der Waals surface area (Å²) in [6.07, 6.45) is -4.63. The molecule has 10 heteroatoms. The number of hydrogen-bond acceptors (Lipinski definition) is 4. The van der Waals surface area contributed by atoms with Crippen molar-refractivity contribution in [2.45, 2.75) is 26.9 Å². The predicted molar refractivity (Wildman–Crippen MR) is 103 cm³/mol. The first-order valence-electron chi connectivity index (χ1n) is 9.12. The Morgan fingerprint density at radius 3 is 2.37 bits per heavy atom. The van der Waals surface area contributed by atoms with Gasteiger partial charge in [-0.3, -0.25) is 14.4 Å². The quantitative estimate of drug-likeness (QED) is 0.713. The van der Waals surface area contributed by atoms with Crippen LogP contribution in [-0.4, -0.2) is 42.3 Å². The Balaban J connectivity index is 1.96. The van der Waals surface area contributed by atoms with Crippen molar-refractivity contribution in [3.63, 3.8) is 0 Å². The van der Waals surface area contributed by atoms with E-state index in [9.17, 15) is 27.6 Å². The lowest BCUT2D eigenvalue weighted by Crippen LogP contribution is -2.43. The third-order valence-electron chi connectivity index (χ3n) is 4.26. The number of carbonyl (C=O) groups excluding carboxylic acids is 3. The second-order valence-corrected chi connectivity index (χ2v) is 6.51. The lowest BCUT2D eigenvalue weighted by Gasteiger charge is -2.21. The molecule has 30 heavy (non-hydrogen) atoms. The molecule has 0 atom stereocenters. The summed E-state index contributed by atoms with van der Waals surface area (Å²) in [4.78, 5) is 37.8. The molecule has 2 rings (SSSR count). The van der Waals surface area contributed by atoms with Gasteiger partial charge in [-0.2, -0.15) is 13.2 Å².